The van der Waals surface area contributed by atoms with Crippen molar-refractivity contribution in [3.05, 3.63) is 30.6 Å². The van der Waals surface area contributed by atoms with Gasteiger partial charge < -0.3 is 16.2 Å². The highest BCUT2D eigenvalue weighted by Crippen LogP contribution is 2.30. The molecule has 1 aromatic heterocycles. The Morgan fingerprint density at radius 2 is 2.19 bits per heavy atom. The first-order valence-corrected chi connectivity index (χ1v) is 9.83. The second-order valence-electron chi connectivity index (χ2n) is 5.78. The quantitative estimate of drug-likeness (QED) is 0.482. The lowest BCUT2D eigenvalue weighted by Gasteiger charge is -2.21. The Labute approximate surface area is 158 Å². The maximum absolute atomic E-state index is 12.9. The number of benzene rings is 1. The largest absolute Gasteiger partial charge is 0.480 e. The third-order valence-corrected chi connectivity index (χ3v) is 6.47. The van der Waals surface area contributed by atoms with Gasteiger partial charge in [-0.1, -0.05) is 6.07 Å². The second-order valence-corrected chi connectivity index (χ2v) is 8.02. The predicted octanol–water partition coefficient (Wildman–Crippen LogP) is 1.51. The molecule has 26 heavy (non-hydrogen) atoms. The Kier molecular flexibility index (Phi) is 5.12. The van der Waals surface area contributed by atoms with Gasteiger partial charge in [0.15, 0.2) is 0 Å². The molecular weight excluding hydrogens is 426 g/mol. The molecule has 2 aromatic rings. The number of pyridine rings is 1. The lowest BCUT2D eigenvalue weighted by Crippen LogP contribution is -2.40. The number of anilines is 1. The molecule has 1 fully saturated rings. The molecule has 1 atom stereocenters. The van der Waals surface area contributed by atoms with E-state index in [4.69, 9.17) is 5.73 Å². The molecule has 0 bridgehead atoms. The third kappa shape index (κ3) is 3.37. The zero-order valence-electron chi connectivity index (χ0n) is 13.5. The molecule has 11 heteroatoms. The monoisotopic (exact) mass is 441 g/mol. The van der Waals surface area contributed by atoms with Crippen LogP contribution in [0.1, 0.15) is 12.8 Å². The minimum atomic E-state index is -3.92. The maximum Gasteiger partial charge on any atom is 0.322 e. The Morgan fingerprint density at radius 1 is 1.42 bits per heavy atom. The molecule has 1 aliphatic heterocycles. The molecule has 4 N–H and O–H groups in total. The first-order valence-electron chi connectivity index (χ1n) is 7.68. The van der Waals surface area contributed by atoms with E-state index in [1.54, 1.807) is 12.3 Å². The summed E-state index contributed by atoms with van der Waals surface area (Å²) in [5.74, 6) is -1.01. The smallest absolute Gasteiger partial charge is 0.322 e. The average Bonchev–Trinajstić information content (AvgIpc) is 3.12. The van der Waals surface area contributed by atoms with Crippen LogP contribution >= 0.6 is 16.1 Å². The van der Waals surface area contributed by atoms with Crippen LogP contribution in [0, 0.1) is 0 Å². The number of sulfonamides is 1. The zero-order chi connectivity index (χ0) is 18.9. The Balaban J connectivity index is 2.03. The number of hydrogen-bond acceptors (Lipinski definition) is 5. The standard InChI is InChI=1S/C15H16BrN5O4S/c16-20-15(17)19-12-8-18-7-9-6-10(3-4-11(9)12)26(24,25)21-5-1-2-13(21)14(22)23/h3-4,6-8,13H,1-2,5H2,(H,22,23)(H3,17,19,20)/t13-/m1/s1. The van der Waals surface area contributed by atoms with E-state index in [1.807, 2.05) is 0 Å². The van der Waals surface area contributed by atoms with Crippen LogP contribution in [-0.4, -0.2) is 47.3 Å². The van der Waals surface area contributed by atoms with Gasteiger partial charge in [0.2, 0.25) is 16.0 Å². The summed E-state index contributed by atoms with van der Waals surface area (Å²) >= 11 is 2.88. The lowest BCUT2D eigenvalue weighted by molar-refractivity contribution is -0.140. The molecule has 3 rings (SSSR count). The van der Waals surface area contributed by atoms with Gasteiger partial charge in [0.05, 0.1) is 32.9 Å². The Bertz CT molecular complexity index is 995. The Hall–Kier alpha value is -2.24. The van der Waals surface area contributed by atoms with Gasteiger partial charge >= 0.3 is 5.97 Å². The van der Waals surface area contributed by atoms with E-state index in [-0.39, 0.29) is 17.4 Å². The molecule has 0 amide bonds. The molecule has 0 saturated carbocycles. The highest BCUT2D eigenvalue weighted by atomic mass is 79.9. The van der Waals surface area contributed by atoms with Crippen LogP contribution in [0.2, 0.25) is 0 Å². The van der Waals surface area contributed by atoms with Crippen LogP contribution in [0.3, 0.4) is 0 Å². The fourth-order valence-corrected chi connectivity index (χ4v) is 4.76. The summed E-state index contributed by atoms with van der Waals surface area (Å²) in [4.78, 5) is 15.4. The number of nitrogens with two attached hydrogens (primary N) is 1. The van der Waals surface area contributed by atoms with Crippen molar-refractivity contribution in [3.8, 4) is 0 Å². The second kappa shape index (κ2) is 7.17. The van der Waals surface area contributed by atoms with Gasteiger partial charge in [0.25, 0.3) is 0 Å². The third-order valence-electron chi connectivity index (χ3n) is 4.18. The number of nitrogens with one attached hydrogen (secondary N) is 1. The predicted molar refractivity (Wildman–Crippen MR) is 100 cm³/mol. The number of carbonyl (C=O) groups is 1. The van der Waals surface area contributed by atoms with Gasteiger partial charge in [0.1, 0.15) is 6.04 Å². The molecule has 0 aliphatic carbocycles. The zero-order valence-corrected chi connectivity index (χ0v) is 15.9. The first-order chi connectivity index (χ1) is 12.3. The van der Waals surface area contributed by atoms with Crippen molar-refractivity contribution in [3.63, 3.8) is 0 Å². The summed E-state index contributed by atoms with van der Waals surface area (Å²) in [6.07, 6.45) is 3.90. The number of halogens is 1. The number of hydrogen-bond donors (Lipinski definition) is 3. The lowest BCUT2D eigenvalue weighted by atomic mass is 10.1. The minimum Gasteiger partial charge on any atom is -0.480 e. The van der Waals surface area contributed by atoms with Crippen molar-refractivity contribution in [1.29, 1.82) is 0 Å². The van der Waals surface area contributed by atoms with Gasteiger partial charge in [0, 0.05) is 23.5 Å². The minimum absolute atomic E-state index is 0.0271. The van der Waals surface area contributed by atoms with Gasteiger partial charge in [-0.3, -0.25) is 9.78 Å². The van der Waals surface area contributed by atoms with Crippen LogP contribution in [0.15, 0.2) is 39.5 Å². The summed E-state index contributed by atoms with van der Waals surface area (Å²) < 4.78 is 30.4. The van der Waals surface area contributed by atoms with Crippen LogP contribution in [0.5, 0.6) is 0 Å². The number of fused-ring (bicyclic) bond motifs is 1. The van der Waals surface area contributed by atoms with Crippen LogP contribution < -0.4 is 11.1 Å². The molecule has 138 valence electrons. The van der Waals surface area contributed by atoms with E-state index in [0.717, 1.165) is 4.31 Å². The Morgan fingerprint density at radius 3 is 2.88 bits per heavy atom. The molecule has 0 spiro atoms. The van der Waals surface area contributed by atoms with Gasteiger partial charge in [-0.25, -0.2) is 8.42 Å². The number of carboxylic acid groups (broad SMARTS) is 1. The van der Waals surface area contributed by atoms with Crippen molar-refractivity contribution < 1.29 is 18.3 Å². The van der Waals surface area contributed by atoms with Crippen molar-refractivity contribution in [1.82, 2.24) is 9.29 Å². The molecular formula is C15H16BrN5O4S. The number of aromatic nitrogens is 1. The van der Waals surface area contributed by atoms with Gasteiger partial charge in [-0.05, 0) is 25.0 Å². The van der Waals surface area contributed by atoms with Gasteiger partial charge in [-0.15, -0.1) is 0 Å². The normalized spacial score (nSPS) is 19.0. The highest BCUT2D eigenvalue weighted by Gasteiger charge is 2.39. The molecule has 2 heterocycles. The van der Waals surface area contributed by atoms with E-state index in [2.05, 4.69) is 30.5 Å². The number of guanidine groups is 1. The molecule has 1 aliphatic rings. The average molecular weight is 442 g/mol. The summed E-state index contributed by atoms with van der Waals surface area (Å²) in [5, 5.41) is 13.4. The van der Waals surface area contributed by atoms with Crippen LogP contribution in [-0.2, 0) is 14.8 Å². The summed E-state index contributed by atoms with van der Waals surface area (Å²) in [7, 11) is -3.92. The summed E-state index contributed by atoms with van der Waals surface area (Å²) in [6.45, 7) is 0.190. The summed E-state index contributed by atoms with van der Waals surface area (Å²) in [5.41, 5.74) is 6.19. The molecule has 9 nitrogen and oxygen atoms in total. The number of carboxylic acids is 1. The van der Waals surface area contributed by atoms with Crippen LogP contribution in [0.4, 0.5) is 5.69 Å². The molecule has 1 aromatic carbocycles. The van der Waals surface area contributed by atoms with E-state index in [0.29, 0.717) is 29.3 Å². The SMILES string of the molecule is NC(=NBr)Nc1cncc2cc(S(=O)(=O)N3CCC[C@@H]3C(=O)O)ccc12. The number of rotatable bonds is 4. The van der Waals surface area contributed by atoms with Crippen molar-refractivity contribution >= 4 is 54.6 Å². The van der Waals surface area contributed by atoms with E-state index < -0.39 is 22.0 Å². The highest BCUT2D eigenvalue weighted by molar-refractivity contribution is 9.08. The molecule has 0 unspecified atom stereocenters. The summed E-state index contributed by atoms with van der Waals surface area (Å²) in [6, 6.07) is 3.51. The fourth-order valence-electron chi connectivity index (χ4n) is 2.98. The van der Waals surface area contributed by atoms with Crippen molar-refractivity contribution in [2.45, 2.75) is 23.8 Å². The van der Waals surface area contributed by atoms with E-state index in [9.17, 15) is 18.3 Å². The van der Waals surface area contributed by atoms with Gasteiger partial charge in [-0.2, -0.15) is 8.32 Å². The molecule has 1 saturated heterocycles. The van der Waals surface area contributed by atoms with E-state index >= 15 is 0 Å². The fraction of sp³-hybridized carbons (Fsp3) is 0.267. The number of nitrogens with zero attached hydrogens (tertiary/aromatic N) is 3. The topological polar surface area (TPSA) is 138 Å². The van der Waals surface area contributed by atoms with Crippen molar-refractivity contribution in [2.24, 2.45) is 9.75 Å². The molecule has 0 radical (unpaired) electrons. The van der Waals surface area contributed by atoms with Crippen LogP contribution in [0.25, 0.3) is 10.8 Å². The maximum atomic E-state index is 12.9. The van der Waals surface area contributed by atoms with Crippen molar-refractivity contribution in [2.75, 3.05) is 11.9 Å². The first kappa shape index (κ1) is 18.5. The van der Waals surface area contributed by atoms with E-state index in [1.165, 1.54) is 18.3 Å². The number of aliphatic carboxylic acids is 1.